The molecule has 0 aliphatic carbocycles. The molecule has 0 saturated carbocycles. The number of carbonyl (C=O) groups excluding carboxylic acids is 2. The van der Waals surface area contributed by atoms with Crippen molar-refractivity contribution in [1.29, 1.82) is 0 Å². The Morgan fingerprint density at radius 1 is 1.43 bits per heavy atom. The number of amides is 1. The van der Waals surface area contributed by atoms with E-state index in [1.807, 2.05) is 13.8 Å². The van der Waals surface area contributed by atoms with Crippen molar-refractivity contribution in [2.45, 2.75) is 46.3 Å². The van der Waals surface area contributed by atoms with Gasteiger partial charge in [0, 0.05) is 6.04 Å². The summed E-state index contributed by atoms with van der Waals surface area (Å²) < 4.78 is 5.08. The molecule has 0 aromatic rings. The average Bonchev–Trinajstić information content (AvgIpc) is 1.96. The fourth-order valence-corrected chi connectivity index (χ4v) is 0.864. The highest BCUT2D eigenvalue weighted by Gasteiger charge is 2.19. The summed E-state index contributed by atoms with van der Waals surface area (Å²) in [6.45, 7) is 9.10. The summed E-state index contributed by atoms with van der Waals surface area (Å²) in [5.41, 5.74) is -0.497. The molecule has 4 nitrogen and oxygen atoms in total. The highest BCUT2D eigenvalue weighted by molar-refractivity contribution is 5.74. The smallest absolute Gasteiger partial charge is 0.326 e. The number of hydrogen-bond acceptors (Lipinski definition) is 3. The summed E-state index contributed by atoms with van der Waals surface area (Å²) in [5.74, 6) is -0.377. The maximum Gasteiger partial charge on any atom is 0.326 e. The molecule has 0 aliphatic rings. The van der Waals surface area contributed by atoms with E-state index >= 15 is 0 Å². The molecule has 4 heteroatoms. The van der Waals surface area contributed by atoms with Gasteiger partial charge in [-0.25, -0.2) is 0 Å². The SMILES string of the molecule is CC(C)N(C=O)CC(=O)OC(C)(C)C. The zero-order valence-corrected chi connectivity index (χ0v) is 9.53. The molecule has 0 aliphatic heterocycles. The zero-order valence-electron chi connectivity index (χ0n) is 9.53. The van der Waals surface area contributed by atoms with Crippen LogP contribution in [0.15, 0.2) is 0 Å². The van der Waals surface area contributed by atoms with E-state index < -0.39 is 5.60 Å². The van der Waals surface area contributed by atoms with Crippen molar-refractivity contribution < 1.29 is 14.3 Å². The fraction of sp³-hybridized carbons (Fsp3) is 0.800. The number of hydrogen-bond donors (Lipinski definition) is 0. The van der Waals surface area contributed by atoms with Gasteiger partial charge >= 0.3 is 5.97 Å². The Morgan fingerprint density at radius 3 is 2.21 bits per heavy atom. The van der Waals surface area contributed by atoms with Crippen LogP contribution in [-0.4, -0.2) is 35.5 Å². The Hall–Kier alpha value is -1.06. The van der Waals surface area contributed by atoms with Gasteiger partial charge < -0.3 is 9.64 Å². The maximum absolute atomic E-state index is 11.3. The molecule has 0 aromatic heterocycles. The molecule has 82 valence electrons. The average molecular weight is 201 g/mol. The van der Waals surface area contributed by atoms with Gasteiger partial charge in [0.1, 0.15) is 12.1 Å². The van der Waals surface area contributed by atoms with E-state index in [0.29, 0.717) is 6.41 Å². The Balaban J connectivity index is 4.11. The monoisotopic (exact) mass is 201 g/mol. The molecule has 0 atom stereocenters. The molecule has 0 N–H and O–H groups in total. The number of rotatable bonds is 4. The van der Waals surface area contributed by atoms with Crippen LogP contribution >= 0.6 is 0 Å². The lowest BCUT2D eigenvalue weighted by Crippen LogP contribution is -2.37. The normalized spacial score (nSPS) is 11.3. The minimum Gasteiger partial charge on any atom is -0.459 e. The van der Waals surface area contributed by atoms with E-state index in [9.17, 15) is 9.59 Å². The van der Waals surface area contributed by atoms with Gasteiger partial charge in [0.2, 0.25) is 6.41 Å². The molecule has 0 unspecified atom stereocenters. The lowest BCUT2D eigenvalue weighted by molar-refractivity contribution is -0.157. The van der Waals surface area contributed by atoms with Crippen LogP contribution in [0, 0.1) is 0 Å². The number of carbonyl (C=O) groups is 2. The molecule has 1 amide bonds. The molecule has 14 heavy (non-hydrogen) atoms. The van der Waals surface area contributed by atoms with Crippen molar-refractivity contribution in [3.05, 3.63) is 0 Å². The van der Waals surface area contributed by atoms with Crippen molar-refractivity contribution in [3.63, 3.8) is 0 Å². The van der Waals surface area contributed by atoms with E-state index in [1.165, 1.54) is 4.90 Å². The summed E-state index contributed by atoms with van der Waals surface area (Å²) in [7, 11) is 0. The Kier molecular flexibility index (Phi) is 4.60. The lowest BCUT2D eigenvalue weighted by atomic mass is 10.2. The third kappa shape index (κ3) is 5.56. The maximum atomic E-state index is 11.3. The van der Waals surface area contributed by atoms with E-state index in [2.05, 4.69) is 0 Å². The van der Waals surface area contributed by atoms with Crippen LogP contribution < -0.4 is 0 Å². The third-order valence-corrected chi connectivity index (χ3v) is 1.53. The number of nitrogens with zero attached hydrogens (tertiary/aromatic N) is 1. The fourth-order valence-electron chi connectivity index (χ4n) is 0.864. The van der Waals surface area contributed by atoms with Crippen LogP contribution in [0.3, 0.4) is 0 Å². The first kappa shape index (κ1) is 12.9. The molecule has 0 spiro atoms. The summed E-state index contributed by atoms with van der Waals surface area (Å²) in [6, 6.07) is 0.0139. The largest absolute Gasteiger partial charge is 0.459 e. The topological polar surface area (TPSA) is 46.6 Å². The zero-order chi connectivity index (χ0) is 11.4. The van der Waals surface area contributed by atoms with Crippen molar-refractivity contribution in [3.8, 4) is 0 Å². The number of esters is 1. The van der Waals surface area contributed by atoms with E-state index in [0.717, 1.165) is 0 Å². The van der Waals surface area contributed by atoms with Crippen LogP contribution in [0.25, 0.3) is 0 Å². The molecule has 0 heterocycles. The summed E-state index contributed by atoms with van der Waals surface area (Å²) in [5, 5.41) is 0. The van der Waals surface area contributed by atoms with Gasteiger partial charge in [-0.05, 0) is 34.6 Å². The minimum atomic E-state index is -0.497. The summed E-state index contributed by atoms with van der Waals surface area (Å²) in [4.78, 5) is 23.3. The minimum absolute atomic E-state index is 0.0123. The molecule has 0 bridgehead atoms. The van der Waals surface area contributed by atoms with Crippen molar-refractivity contribution >= 4 is 12.4 Å². The second-order valence-electron chi connectivity index (χ2n) is 4.46. The first-order chi connectivity index (χ1) is 6.26. The molecule has 0 fully saturated rings. The van der Waals surface area contributed by atoms with E-state index in [1.54, 1.807) is 20.8 Å². The molecule has 0 radical (unpaired) electrons. The lowest BCUT2D eigenvalue weighted by Gasteiger charge is -2.24. The second-order valence-corrected chi connectivity index (χ2v) is 4.46. The predicted octanol–water partition coefficient (Wildman–Crippen LogP) is 1.19. The standard InChI is InChI=1S/C10H19NO3/c1-8(2)11(7-12)6-9(13)14-10(3,4)5/h7-8H,6H2,1-5H3. The first-order valence-electron chi connectivity index (χ1n) is 4.69. The van der Waals surface area contributed by atoms with Gasteiger partial charge in [-0.2, -0.15) is 0 Å². The highest BCUT2D eigenvalue weighted by atomic mass is 16.6. The van der Waals surface area contributed by atoms with E-state index in [-0.39, 0.29) is 18.6 Å². The Morgan fingerprint density at radius 2 is 1.93 bits per heavy atom. The second kappa shape index (κ2) is 4.98. The van der Waals surface area contributed by atoms with Crippen LogP contribution in [-0.2, 0) is 14.3 Å². The Bertz CT molecular complexity index is 206. The number of ether oxygens (including phenoxy) is 1. The van der Waals surface area contributed by atoms with Crippen LogP contribution in [0.5, 0.6) is 0 Å². The molecule has 0 saturated heterocycles. The van der Waals surface area contributed by atoms with Gasteiger partial charge in [0.15, 0.2) is 0 Å². The molecular formula is C10H19NO3. The third-order valence-electron chi connectivity index (χ3n) is 1.53. The first-order valence-corrected chi connectivity index (χ1v) is 4.69. The van der Waals surface area contributed by atoms with Crippen molar-refractivity contribution in [2.24, 2.45) is 0 Å². The van der Waals surface area contributed by atoms with Gasteiger partial charge in [0.05, 0.1) is 0 Å². The Labute approximate surface area is 85.2 Å². The van der Waals surface area contributed by atoms with Gasteiger partial charge in [-0.15, -0.1) is 0 Å². The highest BCUT2D eigenvalue weighted by Crippen LogP contribution is 2.07. The molecule has 0 rings (SSSR count). The molecule has 0 aromatic carbocycles. The van der Waals surface area contributed by atoms with Crippen LogP contribution in [0.4, 0.5) is 0 Å². The van der Waals surface area contributed by atoms with E-state index in [4.69, 9.17) is 4.74 Å². The van der Waals surface area contributed by atoms with Gasteiger partial charge in [-0.3, -0.25) is 9.59 Å². The molecular weight excluding hydrogens is 182 g/mol. The summed E-state index contributed by atoms with van der Waals surface area (Å²) >= 11 is 0. The quantitative estimate of drug-likeness (QED) is 0.507. The van der Waals surface area contributed by atoms with Crippen LogP contribution in [0.1, 0.15) is 34.6 Å². The van der Waals surface area contributed by atoms with Crippen molar-refractivity contribution in [2.75, 3.05) is 6.54 Å². The predicted molar refractivity (Wildman–Crippen MR) is 53.8 cm³/mol. The summed E-state index contributed by atoms with van der Waals surface area (Å²) in [6.07, 6.45) is 0.661. The van der Waals surface area contributed by atoms with Crippen molar-refractivity contribution in [1.82, 2.24) is 4.90 Å². The van der Waals surface area contributed by atoms with Crippen LogP contribution in [0.2, 0.25) is 0 Å². The van der Waals surface area contributed by atoms with Gasteiger partial charge in [-0.1, -0.05) is 0 Å². The van der Waals surface area contributed by atoms with Gasteiger partial charge in [0.25, 0.3) is 0 Å².